The zero-order chi connectivity index (χ0) is 15.2. The van der Waals surface area contributed by atoms with E-state index in [9.17, 15) is 18.0 Å². The zero-order valence-electron chi connectivity index (χ0n) is 12.3. The molecule has 3 saturated heterocycles. The van der Waals surface area contributed by atoms with Crippen molar-refractivity contribution in [2.75, 3.05) is 18.1 Å². The van der Waals surface area contributed by atoms with E-state index in [1.165, 1.54) is 0 Å². The van der Waals surface area contributed by atoms with E-state index in [0.29, 0.717) is 25.8 Å². The monoisotopic (exact) mass is 314 g/mol. The maximum Gasteiger partial charge on any atom is 0.246 e. The van der Waals surface area contributed by atoms with Crippen LogP contribution in [-0.4, -0.2) is 66.2 Å². The van der Waals surface area contributed by atoms with E-state index in [0.717, 1.165) is 12.8 Å². The van der Waals surface area contributed by atoms with Crippen molar-refractivity contribution >= 4 is 21.7 Å². The number of amides is 2. The molecule has 0 aromatic carbocycles. The van der Waals surface area contributed by atoms with Gasteiger partial charge in [-0.3, -0.25) is 9.59 Å². The smallest absolute Gasteiger partial charge is 0.246 e. The van der Waals surface area contributed by atoms with Gasteiger partial charge >= 0.3 is 0 Å². The number of hydrogen-bond donors (Lipinski definition) is 0. The van der Waals surface area contributed by atoms with Gasteiger partial charge in [0, 0.05) is 12.6 Å². The summed E-state index contributed by atoms with van der Waals surface area (Å²) in [5.41, 5.74) is 0. The summed E-state index contributed by atoms with van der Waals surface area (Å²) in [5.74, 6) is 0.102. The minimum atomic E-state index is -3.07. The van der Waals surface area contributed by atoms with Crippen LogP contribution < -0.4 is 0 Å². The van der Waals surface area contributed by atoms with Crippen LogP contribution >= 0.6 is 0 Å². The quantitative estimate of drug-likeness (QED) is 0.728. The zero-order valence-corrected chi connectivity index (χ0v) is 13.1. The van der Waals surface area contributed by atoms with Crippen LogP contribution in [-0.2, 0) is 19.4 Å². The number of hydrogen-bond acceptors (Lipinski definition) is 4. The molecule has 0 radical (unpaired) electrons. The average Bonchev–Trinajstić information content (AvgIpc) is 2.82. The van der Waals surface area contributed by atoms with Gasteiger partial charge in [0.15, 0.2) is 9.84 Å². The summed E-state index contributed by atoms with van der Waals surface area (Å²) in [7, 11) is -3.07. The van der Waals surface area contributed by atoms with Crippen molar-refractivity contribution in [2.24, 2.45) is 0 Å². The van der Waals surface area contributed by atoms with Crippen molar-refractivity contribution in [3.8, 4) is 0 Å². The molecule has 118 valence electrons. The molecule has 0 aromatic heterocycles. The molecule has 0 N–H and O–H groups in total. The second-order valence-corrected chi connectivity index (χ2v) is 8.50. The lowest BCUT2D eigenvalue weighted by molar-refractivity contribution is -0.166. The van der Waals surface area contributed by atoms with E-state index in [4.69, 9.17) is 0 Å². The highest BCUT2D eigenvalue weighted by Gasteiger charge is 2.49. The van der Waals surface area contributed by atoms with Gasteiger partial charge in [-0.1, -0.05) is 6.92 Å². The van der Waals surface area contributed by atoms with E-state index >= 15 is 0 Å². The van der Waals surface area contributed by atoms with Crippen molar-refractivity contribution < 1.29 is 18.0 Å². The molecule has 0 bridgehead atoms. The number of fused-ring (bicyclic) bond motifs is 1. The molecule has 3 fully saturated rings. The molecule has 7 heteroatoms. The Balaban J connectivity index is 1.90. The van der Waals surface area contributed by atoms with Gasteiger partial charge in [-0.15, -0.1) is 0 Å². The minimum absolute atomic E-state index is 0.00565. The van der Waals surface area contributed by atoms with Gasteiger partial charge in [-0.25, -0.2) is 8.42 Å². The van der Waals surface area contributed by atoms with Crippen molar-refractivity contribution in [1.82, 2.24) is 9.80 Å². The molecule has 3 heterocycles. The molecule has 6 nitrogen and oxygen atoms in total. The maximum atomic E-state index is 12.8. The van der Waals surface area contributed by atoms with Crippen LogP contribution in [0.15, 0.2) is 0 Å². The summed E-state index contributed by atoms with van der Waals surface area (Å²) < 4.78 is 23.4. The highest BCUT2D eigenvalue weighted by atomic mass is 32.2. The van der Waals surface area contributed by atoms with E-state index in [2.05, 4.69) is 0 Å². The molecule has 0 saturated carbocycles. The van der Waals surface area contributed by atoms with Gasteiger partial charge in [0.1, 0.15) is 12.1 Å². The van der Waals surface area contributed by atoms with E-state index in [1.807, 2.05) is 6.92 Å². The van der Waals surface area contributed by atoms with Gasteiger partial charge in [-0.2, -0.15) is 0 Å². The molecule has 3 rings (SSSR count). The molecule has 0 aliphatic carbocycles. The molecule has 21 heavy (non-hydrogen) atoms. The first-order valence-corrected chi connectivity index (χ1v) is 9.60. The number of piperidine rings is 1. The lowest BCUT2D eigenvalue weighted by Gasteiger charge is -2.48. The molecule has 3 unspecified atom stereocenters. The number of piperazine rings is 1. The molecule has 3 aliphatic heterocycles. The topological polar surface area (TPSA) is 74.8 Å². The van der Waals surface area contributed by atoms with Crippen LogP contribution in [0.4, 0.5) is 0 Å². The Bertz CT molecular complexity index is 559. The third-order valence-corrected chi connectivity index (χ3v) is 6.69. The summed E-state index contributed by atoms with van der Waals surface area (Å²) in [4.78, 5) is 28.8. The lowest BCUT2D eigenvalue weighted by atomic mass is 9.93. The maximum absolute atomic E-state index is 12.8. The van der Waals surface area contributed by atoms with E-state index in [1.54, 1.807) is 9.80 Å². The van der Waals surface area contributed by atoms with Crippen molar-refractivity contribution in [3.63, 3.8) is 0 Å². The van der Waals surface area contributed by atoms with Crippen molar-refractivity contribution in [2.45, 2.75) is 57.2 Å². The fraction of sp³-hybridized carbons (Fsp3) is 0.857. The number of nitrogens with zero attached hydrogens (tertiary/aromatic N) is 2. The lowest BCUT2D eigenvalue weighted by Crippen LogP contribution is -2.67. The van der Waals surface area contributed by atoms with Crippen molar-refractivity contribution in [1.29, 1.82) is 0 Å². The van der Waals surface area contributed by atoms with Gasteiger partial charge in [0.2, 0.25) is 11.8 Å². The van der Waals surface area contributed by atoms with E-state index in [-0.39, 0.29) is 35.4 Å². The first kappa shape index (κ1) is 14.8. The Hall–Kier alpha value is -1.11. The van der Waals surface area contributed by atoms with E-state index < -0.39 is 15.9 Å². The fourth-order valence-corrected chi connectivity index (χ4v) is 5.60. The third-order valence-electron chi connectivity index (χ3n) is 4.93. The third kappa shape index (κ3) is 2.45. The average molecular weight is 314 g/mol. The Morgan fingerprint density at radius 2 is 1.90 bits per heavy atom. The summed E-state index contributed by atoms with van der Waals surface area (Å²) in [6, 6.07) is -1.16. The molecule has 3 aliphatic rings. The Morgan fingerprint density at radius 3 is 2.52 bits per heavy atom. The highest BCUT2D eigenvalue weighted by molar-refractivity contribution is 7.91. The number of carbonyl (C=O) groups is 2. The summed E-state index contributed by atoms with van der Waals surface area (Å²) in [6.07, 6.45) is 3.61. The predicted octanol–water partition coefficient (Wildman–Crippen LogP) is 0.175. The Morgan fingerprint density at radius 1 is 1.14 bits per heavy atom. The molecule has 0 aromatic rings. The molecular formula is C14H22N2O4S. The van der Waals surface area contributed by atoms with Crippen LogP contribution in [0.2, 0.25) is 0 Å². The van der Waals surface area contributed by atoms with Crippen LogP contribution in [0, 0.1) is 0 Å². The summed E-state index contributed by atoms with van der Waals surface area (Å²) >= 11 is 0. The number of rotatable bonds is 2. The summed E-state index contributed by atoms with van der Waals surface area (Å²) in [6.45, 7) is 2.54. The number of sulfone groups is 1. The van der Waals surface area contributed by atoms with Gasteiger partial charge in [0.05, 0.1) is 11.5 Å². The first-order chi connectivity index (χ1) is 9.94. The predicted molar refractivity (Wildman–Crippen MR) is 77.3 cm³/mol. The highest BCUT2D eigenvalue weighted by Crippen LogP contribution is 2.31. The summed E-state index contributed by atoms with van der Waals surface area (Å²) in [5, 5.41) is 0. The molecule has 2 amide bonds. The fourth-order valence-electron chi connectivity index (χ4n) is 3.89. The standard InChI is InChI=1S/C14H22N2O4S/c1-2-11-13(17)15-7-4-3-5-12(15)14(18)16(11)10-6-8-21(19,20)9-10/h10-12H,2-9H2,1H3. The molecule has 3 atom stereocenters. The van der Waals surface area contributed by atoms with Crippen LogP contribution in [0.1, 0.15) is 39.0 Å². The second kappa shape index (κ2) is 5.26. The minimum Gasteiger partial charge on any atom is -0.329 e. The van der Waals surface area contributed by atoms with Crippen LogP contribution in [0.5, 0.6) is 0 Å². The van der Waals surface area contributed by atoms with Crippen LogP contribution in [0.25, 0.3) is 0 Å². The first-order valence-electron chi connectivity index (χ1n) is 7.77. The Labute approximate surface area is 125 Å². The largest absolute Gasteiger partial charge is 0.329 e. The van der Waals surface area contributed by atoms with Gasteiger partial charge in [0.25, 0.3) is 0 Å². The second-order valence-electron chi connectivity index (χ2n) is 6.27. The SMILES string of the molecule is CCC1C(=O)N2CCCCC2C(=O)N1C1CCS(=O)(=O)C1. The molecule has 0 spiro atoms. The molecular weight excluding hydrogens is 292 g/mol. The van der Waals surface area contributed by atoms with Gasteiger partial charge < -0.3 is 9.80 Å². The van der Waals surface area contributed by atoms with Crippen molar-refractivity contribution in [3.05, 3.63) is 0 Å². The normalized spacial score (nSPS) is 36.0. The van der Waals surface area contributed by atoms with Gasteiger partial charge in [-0.05, 0) is 32.1 Å². The van der Waals surface area contributed by atoms with Crippen LogP contribution in [0.3, 0.4) is 0 Å². The Kier molecular flexibility index (Phi) is 3.71. The number of carbonyl (C=O) groups excluding carboxylic acids is 2.